The minimum absolute atomic E-state index is 0.0111. The number of nitriles is 1. The summed E-state index contributed by atoms with van der Waals surface area (Å²) in [6.07, 6.45) is 4.18. The molecule has 5 bridgehead atoms. The SMILES string of the molecule is CO[C@H]1/C=C/O[C@@]2(C)Oc3c(C)c(O)c4c(O)c(c(C=NNC(=O)CN5CCN(c6ccc(C#N)cc6)CC5)c(O)c4c3C2=O)NC(=O)/C(C)=C\C=C\[C@@H](C)[C@H](O)[C@@H](C)[C@@H](O)[C@@H](C)[C@H](OC(C)=O)[C@@H]1C. The number of allylic oxidation sites excluding steroid dienone is 2. The van der Waals surface area contributed by atoms with Crippen molar-refractivity contribution in [3.05, 3.63) is 82.7 Å². The molecule has 0 aliphatic carbocycles. The minimum atomic E-state index is -2.12. The number of hydrogen-bond donors (Lipinski definition) is 7. The summed E-state index contributed by atoms with van der Waals surface area (Å²) < 4.78 is 23.6. The molecular formula is C51H62N6O13. The molecule has 374 valence electrons. The lowest BCUT2D eigenvalue weighted by Gasteiger charge is -2.38. The Hall–Kier alpha value is -6.98. The maximum absolute atomic E-state index is 14.5. The van der Waals surface area contributed by atoms with Gasteiger partial charge in [0, 0.05) is 93.0 Å². The number of fused-ring (bicyclic) bond motifs is 14. The van der Waals surface area contributed by atoms with Gasteiger partial charge in [0.25, 0.3) is 17.6 Å². The molecule has 0 aromatic heterocycles. The molecule has 4 aliphatic rings. The molecule has 3 aromatic carbocycles. The number of carbonyl (C=O) groups is 4. The van der Waals surface area contributed by atoms with Crippen LogP contribution in [0.3, 0.4) is 0 Å². The van der Waals surface area contributed by atoms with Gasteiger partial charge in [0.2, 0.25) is 0 Å². The first-order valence-electron chi connectivity index (χ1n) is 23.0. The van der Waals surface area contributed by atoms with E-state index in [4.69, 9.17) is 24.2 Å². The van der Waals surface area contributed by atoms with Crippen molar-refractivity contribution >= 4 is 51.9 Å². The first-order chi connectivity index (χ1) is 33.1. The highest BCUT2D eigenvalue weighted by molar-refractivity contribution is 6.24. The Bertz CT molecular complexity index is 2670. The number of hydrazone groups is 1. The van der Waals surface area contributed by atoms with Gasteiger partial charge in [-0.1, -0.05) is 45.9 Å². The van der Waals surface area contributed by atoms with Crippen molar-refractivity contribution in [1.29, 1.82) is 5.26 Å². The van der Waals surface area contributed by atoms with Crippen LogP contribution in [0.2, 0.25) is 0 Å². The summed E-state index contributed by atoms with van der Waals surface area (Å²) >= 11 is 0. The van der Waals surface area contributed by atoms with E-state index in [1.807, 2.05) is 17.0 Å². The maximum Gasteiger partial charge on any atom is 0.312 e. The number of aliphatic hydroxyl groups is 2. The lowest BCUT2D eigenvalue weighted by molar-refractivity contribution is -0.160. The monoisotopic (exact) mass is 966 g/mol. The summed E-state index contributed by atoms with van der Waals surface area (Å²) in [6.45, 7) is 14.5. The molecule has 1 fully saturated rings. The number of ether oxygens (including phenoxy) is 4. The lowest BCUT2D eigenvalue weighted by atomic mass is 9.78. The van der Waals surface area contributed by atoms with Gasteiger partial charge in [0.05, 0.1) is 71.2 Å². The second kappa shape index (κ2) is 21.8. The zero-order valence-electron chi connectivity index (χ0n) is 40.7. The van der Waals surface area contributed by atoms with Crippen molar-refractivity contribution in [2.24, 2.45) is 28.8 Å². The average Bonchev–Trinajstić information content (AvgIpc) is 3.60. The number of aliphatic hydroxyl groups excluding tert-OH is 2. The zero-order valence-corrected chi connectivity index (χ0v) is 40.7. The summed E-state index contributed by atoms with van der Waals surface area (Å²) in [6, 6.07) is 9.35. The van der Waals surface area contributed by atoms with Crippen LogP contribution in [0.25, 0.3) is 10.8 Å². The first kappa shape index (κ1) is 52.4. The molecule has 19 nitrogen and oxygen atoms in total. The van der Waals surface area contributed by atoms with E-state index < -0.39 is 106 Å². The van der Waals surface area contributed by atoms with Crippen molar-refractivity contribution in [2.45, 2.75) is 85.6 Å². The molecule has 19 heteroatoms. The molecule has 1 saturated heterocycles. The second-order valence-corrected chi connectivity index (χ2v) is 18.3. The molecule has 0 radical (unpaired) electrons. The van der Waals surface area contributed by atoms with Gasteiger partial charge in [0.15, 0.2) is 5.75 Å². The second-order valence-electron chi connectivity index (χ2n) is 18.3. The van der Waals surface area contributed by atoms with E-state index in [2.05, 4.69) is 26.8 Å². The molecule has 70 heavy (non-hydrogen) atoms. The fourth-order valence-corrected chi connectivity index (χ4v) is 9.19. The predicted octanol–water partition coefficient (Wildman–Crippen LogP) is 4.90. The third kappa shape index (κ3) is 10.7. The number of phenols is 3. The van der Waals surface area contributed by atoms with Crippen LogP contribution in [-0.4, -0.2) is 130 Å². The summed E-state index contributed by atoms with van der Waals surface area (Å²) in [5.41, 5.74) is 2.97. The van der Waals surface area contributed by atoms with Gasteiger partial charge < -0.3 is 54.7 Å². The molecule has 9 atom stereocenters. The third-order valence-electron chi connectivity index (χ3n) is 13.5. The fraction of sp³-hybridized carbons (Fsp3) is 0.451. The fourth-order valence-electron chi connectivity index (χ4n) is 9.19. The minimum Gasteiger partial charge on any atom is -0.507 e. The van der Waals surface area contributed by atoms with Crippen molar-refractivity contribution in [3.8, 4) is 29.1 Å². The van der Waals surface area contributed by atoms with Gasteiger partial charge in [0.1, 0.15) is 23.4 Å². The van der Waals surface area contributed by atoms with Crippen molar-refractivity contribution in [1.82, 2.24) is 10.3 Å². The van der Waals surface area contributed by atoms with Gasteiger partial charge in [-0.05, 0) is 44.2 Å². The molecule has 2 amide bonds. The number of nitrogens with one attached hydrogen (secondary N) is 2. The van der Waals surface area contributed by atoms with Gasteiger partial charge in [-0.25, -0.2) is 5.43 Å². The Morgan fingerprint density at radius 2 is 1.63 bits per heavy atom. The standard InChI is InChI=1S/C51H62N6O13/c1-26-11-10-12-27(2)50(66)54-41-35(24-53-55-37(59)25-56-18-20-57(21-19-56)34-15-13-33(23-52)14-16-34)45(63)38-39(46(41)64)44(62)31(6)48-40(38)49(65)51(8,70-48)68-22-17-36(67-9)28(3)47(69-32(7)58)30(5)43(61)29(4)42(26)60/h10-17,22,24,26,28-30,36,42-43,47,60-64H,18-21,25H2,1-9H3,(H,54,66)(H,55,59)/b11-10+,22-17+,27-12-,53-24?/t26-,28-,29-,30-,36+,42+,43-,47-,51+/m1/s1. The van der Waals surface area contributed by atoms with Crippen LogP contribution >= 0.6 is 0 Å². The number of amides is 2. The molecule has 4 aliphatic heterocycles. The van der Waals surface area contributed by atoms with Gasteiger partial charge in [-0.15, -0.1) is 0 Å². The van der Waals surface area contributed by atoms with Crippen molar-refractivity contribution < 1.29 is 63.7 Å². The number of benzene rings is 3. The highest BCUT2D eigenvalue weighted by atomic mass is 16.7. The van der Waals surface area contributed by atoms with Crippen LogP contribution in [0.15, 0.2) is 65.5 Å². The highest BCUT2D eigenvalue weighted by Crippen LogP contribution is 2.55. The van der Waals surface area contributed by atoms with Gasteiger partial charge in [-0.3, -0.25) is 24.1 Å². The van der Waals surface area contributed by atoms with E-state index in [9.17, 15) is 44.7 Å². The number of carbonyl (C=O) groups excluding carboxylic acids is 4. The largest absolute Gasteiger partial charge is 0.507 e. The smallest absolute Gasteiger partial charge is 0.312 e. The quantitative estimate of drug-likeness (QED) is 0.0546. The molecule has 3 aromatic rings. The van der Waals surface area contributed by atoms with E-state index in [1.165, 1.54) is 53.0 Å². The van der Waals surface area contributed by atoms with E-state index in [0.717, 1.165) is 18.2 Å². The van der Waals surface area contributed by atoms with Gasteiger partial charge >= 0.3 is 11.8 Å². The molecule has 7 N–H and O–H groups in total. The van der Waals surface area contributed by atoms with Gasteiger partial charge in [-0.2, -0.15) is 10.4 Å². The Morgan fingerprint density at radius 3 is 2.26 bits per heavy atom. The van der Waals surface area contributed by atoms with E-state index in [-0.39, 0.29) is 39.9 Å². The highest BCUT2D eigenvalue weighted by Gasteiger charge is 2.50. The normalized spacial score (nSPS) is 28.6. The number of aromatic hydroxyl groups is 3. The lowest BCUT2D eigenvalue weighted by Crippen LogP contribution is -2.49. The molecular weight excluding hydrogens is 905 g/mol. The average molecular weight is 967 g/mol. The summed E-state index contributed by atoms with van der Waals surface area (Å²) in [5, 5.41) is 73.8. The van der Waals surface area contributed by atoms with E-state index in [0.29, 0.717) is 31.7 Å². The number of piperazine rings is 1. The summed E-state index contributed by atoms with van der Waals surface area (Å²) in [7, 11) is 1.41. The molecule has 0 saturated carbocycles. The first-order valence-corrected chi connectivity index (χ1v) is 23.0. The van der Waals surface area contributed by atoms with Crippen LogP contribution in [-0.2, 0) is 28.6 Å². The third-order valence-corrected chi connectivity index (χ3v) is 13.5. The number of nitrogens with zero attached hydrogens (tertiary/aromatic N) is 4. The van der Waals surface area contributed by atoms with Crippen LogP contribution in [0.4, 0.5) is 11.4 Å². The number of anilines is 2. The van der Waals surface area contributed by atoms with Crippen LogP contribution < -0.4 is 20.4 Å². The number of phenolic OH excluding ortho intramolecular Hbond substituents is 3. The van der Waals surface area contributed by atoms with Crippen molar-refractivity contribution in [3.63, 3.8) is 0 Å². The number of ketones is 1. The Kier molecular flexibility index (Phi) is 16.3. The number of esters is 1. The summed E-state index contributed by atoms with van der Waals surface area (Å²) in [5.74, 6) is -9.75. The van der Waals surface area contributed by atoms with Crippen LogP contribution in [0.5, 0.6) is 23.0 Å². The number of methoxy groups -OCH3 is 1. The van der Waals surface area contributed by atoms with E-state index in [1.54, 1.807) is 45.9 Å². The van der Waals surface area contributed by atoms with E-state index >= 15 is 0 Å². The predicted molar refractivity (Wildman–Crippen MR) is 259 cm³/mol. The number of hydrogen-bond acceptors (Lipinski definition) is 17. The molecule has 7 rings (SSSR count). The Labute approximate surface area is 406 Å². The maximum atomic E-state index is 14.5. The number of rotatable bonds is 7. The zero-order chi connectivity index (χ0) is 51.4. The topological polar surface area (TPSA) is 273 Å². The summed E-state index contributed by atoms with van der Waals surface area (Å²) in [4.78, 5) is 58.1. The van der Waals surface area contributed by atoms with Crippen LogP contribution in [0, 0.1) is 41.9 Å². The Balaban J connectivity index is 1.39. The van der Waals surface area contributed by atoms with Crippen molar-refractivity contribution in [2.75, 3.05) is 50.1 Å². The Morgan fingerprint density at radius 1 is 0.957 bits per heavy atom. The number of Topliss-reactive ketones (excluding diaryl/α,β-unsaturated/α-hetero) is 1. The van der Waals surface area contributed by atoms with Crippen LogP contribution in [0.1, 0.15) is 75.5 Å². The molecule has 0 spiro atoms. The molecule has 0 unspecified atom stereocenters. The molecule has 4 heterocycles.